The molecule has 6 heteroatoms. The van der Waals surface area contributed by atoms with Gasteiger partial charge in [-0.15, -0.1) is 10.2 Å². The Hall–Kier alpha value is -2.76. The van der Waals surface area contributed by atoms with Crippen molar-refractivity contribution in [2.24, 2.45) is 0 Å². The van der Waals surface area contributed by atoms with Crippen molar-refractivity contribution in [2.45, 2.75) is 39.5 Å². The molecule has 0 atom stereocenters. The maximum Gasteiger partial charge on any atom is 0.224 e. The minimum absolute atomic E-state index is 0.100. The third kappa shape index (κ3) is 3.59. The van der Waals surface area contributed by atoms with Gasteiger partial charge in [-0.05, 0) is 30.7 Å². The zero-order chi connectivity index (χ0) is 17.1. The van der Waals surface area contributed by atoms with Gasteiger partial charge in [0.15, 0.2) is 0 Å². The Bertz CT molecular complexity index is 870. The molecule has 0 spiro atoms. The predicted octanol–water partition coefficient (Wildman–Crippen LogP) is 3.62. The first-order chi connectivity index (χ1) is 11.5. The molecule has 0 fully saturated rings. The first-order valence-corrected chi connectivity index (χ1v) is 8.00. The number of aryl methyl sites for hydroxylation is 2. The summed E-state index contributed by atoms with van der Waals surface area (Å²) in [5.41, 5.74) is 2.59. The van der Waals surface area contributed by atoms with E-state index in [1.807, 2.05) is 45.0 Å². The maximum atomic E-state index is 12.3. The summed E-state index contributed by atoms with van der Waals surface area (Å²) in [5, 5.41) is 11.9. The first kappa shape index (κ1) is 16.1. The van der Waals surface area contributed by atoms with Crippen molar-refractivity contribution >= 4 is 22.5 Å². The second-order valence-corrected chi connectivity index (χ2v) is 6.12. The number of carbonyl (C=O) groups excluding carboxylic acids is 1. The van der Waals surface area contributed by atoms with Gasteiger partial charge in [0, 0.05) is 30.3 Å². The molecule has 6 nitrogen and oxygen atoms in total. The summed E-state index contributed by atoms with van der Waals surface area (Å²) in [6.45, 7) is 5.97. The molecule has 1 N–H and O–H groups in total. The van der Waals surface area contributed by atoms with Crippen LogP contribution >= 0.6 is 0 Å². The molecule has 1 amide bonds. The van der Waals surface area contributed by atoms with E-state index in [-0.39, 0.29) is 18.2 Å². The molecule has 3 aromatic rings. The average molecular weight is 324 g/mol. The van der Waals surface area contributed by atoms with Crippen LogP contribution in [-0.2, 0) is 11.2 Å². The highest BCUT2D eigenvalue weighted by Crippen LogP contribution is 2.23. The van der Waals surface area contributed by atoms with Crippen LogP contribution in [-0.4, -0.2) is 21.1 Å². The summed E-state index contributed by atoms with van der Waals surface area (Å²) in [5.74, 6) is 1.17. The highest BCUT2D eigenvalue weighted by Gasteiger charge is 2.12. The SMILES string of the molecule is Cc1cc(NC(=O)CCc2nnc(C(C)C)o2)c2ncccc2c1. The van der Waals surface area contributed by atoms with E-state index in [4.69, 9.17) is 4.42 Å². The van der Waals surface area contributed by atoms with Gasteiger partial charge in [-0.2, -0.15) is 0 Å². The number of amides is 1. The topological polar surface area (TPSA) is 80.9 Å². The van der Waals surface area contributed by atoms with Gasteiger partial charge in [0.1, 0.15) is 0 Å². The van der Waals surface area contributed by atoms with Gasteiger partial charge in [0.2, 0.25) is 17.7 Å². The van der Waals surface area contributed by atoms with Crippen molar-refractivity contribution in [3.63, 3.8) is 0 Å². The molecular weight excluding hydrogens is 304 g/mol. The number of nitrogens with one attached hydrogen (secondary N) is 1. The smallest absolute Gasteiger partial charge is 0.224 e. The van der Waals surface area contributed by atoms with Crippen molar-refractivity contribution in [2.75, 3.05) is 5.32 Å². The number of hydrogen-bond donors (Lipinski definition) is 1. The molecule has 0 saturated carbocycles. The molecule has 0 aliphatic heterocycles. The summed E-state index contributed by atoms with van der Waals surface area (Å²) in [7, 11) is 0. The zero-order valence-corrected chi connectivity index (χ0v) is 14.0. The highest BCUT2D eigenvalue weighted by molar-refractivity contribution is 6.00. The Kier molecular flexibility index (Phi) is 4.55. The number of pyridine rings is 1. The van der Waals surface area contributed by atoms with Gasteiger partial charge in [-0.1, -0.05) is 19.9 Å². The van der Waals surface area contributed by atoms with Crippen LogP contribution in [0.1, 0.15) is 43.5 Å². The molecule has 1 aromatic carbocycles. The number of nitrogens with zero attached hydrogens (tertiary/aromatic N) is 3. The van der Waals surface area contributed by atoms with Gasteiger partial charge in [-0.3, -0.25) is 9.78 Å². The Morgan fingerprint density at radius 3 is 2.88 bits per heavy atom. The lowest BCUT2D eigenvalue weighted by Gasteiger charge is -2.09. The molecule has 124 valence electrons. The number of anilines is 1. The monoisotopic (exact) mass is 324 g/mol. The number of fused-ring (bicyclic) bond motifs is 1. The van der Waals surface area contributed by atoms with Crippen LogP contribution in [0.4, 0.5) is 5.69 Å². The van der Waals surface area contributed by atoms with E-state index in [1.165, 1.54) is 0 Å². The van der Waals surface area contributed by atoms with Crippen LogP contribution in [0.25, 0.3) is 10.9 Å². The summed E-state index contributed by atoms with van der Waals surface area (Å²) in [6.07, 6.45) is 2.42. The fourth-order valence-corrected chi connectivity index (χ4v) is 2.47. The fourth-order valence-electron chi connectivity index (χ4n) is 2.47. The Labute approximate surface area is 140 Å². The highest BCUT2D eigenvalue weighted by atomic mass is 16.4. The van der Waals surface area contributed by atoms with E-state index in [9.17, 15) is 4.79 Å². The third-order valence-electron chi connectivity index (χ3n) is 3.67. The molecule has 24 heavy (non-hydrogen) atoms. The lowest BCUT2D eigenvalue weighted by Crippen LogP contribution is -2.13. The van der Waals surface area contributed by atoms with Crippen LogP contribution < -0.4 is 5.32 Å². The number of aromatic nitrogens is 3. The molecular formula is C18H20N4O2. The van der Waals surface area contributed by atoms with Crippen molar-refractivity contribution < 1.29 is 9.21 Å². The van der Waals surface area contributed by atoms with Crippen LogP contribution in [0.15, 0.2) is 34.9 Å². The first-order valence-electron chi connectivity index (χ1n) is 8.00. The van der Waals surface area contributed by atoms with Gasteiger partial charge in [0.25, 0.3) is 0 Å². The number of carbonyl (C=O) groups is 1. The molecule has 3 rings (SSSR count). The molecule has 0 aliphatic carbocycles. The molecule has 0 unspecified atom stereocenters. The maximum absolute atomic E-state index is 12.3. The van der Waals surface area contributed by atoms with Crippen LogP contribution in [0.2, 0.25) is 0 Å². The van der Waals surface area contributed by atoms with E-state index in [0.717, 1.165) is 22.2 Å². The average Bonchev–Trinajstić information content (AvgIpc) is 3.02. The normalized spacial score (nSPS) is 11.2. The van der Waals surface area contributed by atoms with Gasteiger partial charge < -0.3 is 9.73 Å². The second kappa shape index (κ2) is 6.78. The molecule has 0 bridgehead atoms. The van der Waals surface area contributed by atoms with Crippen molar-refractivity contribution in [1.82, 2.24) is 15.2 Å². The van der Waals surface area contributed by atoms with Gasteiger partial charge in [-0.25, -0.2) is 0 Å². The van der Waals surface area contributed by atoms with Crippen molar-refractivity contribution in [3.05, 3.63) is 47.8 Å². The van der Waals surface area contributed by atoms with E-state index in [0.29, 0.717) is 18.2 Å². The standard InChI is InChI=1S/C18H20N4O2/c1-11(2)18-22-21-16(24-18)7-6-15(23)20-14-10-12(3)9-13-5-4-8-19-17(13)14/h4-5,8-11H,6-7H2,1-3H3,(H,20,23). The number of benzene rings is 1. The van der Waals surface area contributed by atoms with Gasteiger partial charge >= 0.3 is 0 Å². The summed E-state index contributed by atoms with van der Waals surface area (Å²) in [6, 6.07) is 7.84. The van der Waals surface area contributed by atoms with E-state index in [2.05, 4.69) is 20.5 Å². The lowest BCUT2D eigenvalue weighted by molar-refractivity contribution is -0.116. The largest absolute Gasteiger partial charge is 0.425 e. The minimum atomic E-state index is -0.100. The Morgan fingerprint density at radius 2 is 2.12 bits per heavy atom. The minimum Gasteiger partial charge on any atom is -0.425 e. The summed E-state index contributed by atoms with van der Waals surface area (Å²) >= 11 is 0. The molecule has 0 radical (unpaired) electrons. The van der Waals surface area contributed by atoms with Crippen molar-refractivity contribution in [3.8, 4) is 0 Å². The quantitative estimate of drug-likeness (QED) is 0.775. The van der Waals surface area contributed by atoms with E-state index in [1.54, 1.807) is 6.20 Å². The number of hydrogen-bond acceptors (Lipinski definition) is 5. The van der Waals surface area contributed by atoms with Crippen LogP contribution in [0, 0.1) is 6.92 Å². The van der Waals surface area contributed by atoms with Crippen molar-refractivity contribution in [1.29, 1.82) is 0 Å². The molecule has 2 heterocycles. The van der Waals surface area contributed by atoms with E-state index < -0.39 is 0 Å². The van der Waals surface area contributed by atoms with Crippen LogP contribution in [0.5, 0.6) is 0 Å². The zero-order valence-electron chi connectivity index (χ0n) is 14.0. The molecule has 2 aromatic heterocycles. The third-order valence-corrected chi connectivity index (χ3v) is 3.67. The predicted molar refractivity (Wildman–Crippen MR) is 91.8 cm³/mol. The fraction of sp³-hybridized carbons (Fsp3) is 0.333. The Morgan fingerprint density at radius 1 is 1.29 bits per heavy atom. The Balaban J connectivity index is 1.68. The second-order valence-electron chi connectivity index (χ2n) is 6.12. The number of rotatable bonds is 5. The molecule has 0 aliphatic rings. The van der Waals surface area contributed by atoms with Gasteiger partial charge in [0.05, 0.1) is 11.2 Å². The summed E-state index contributed by atoms with van der Waals surface area (Å²) < 4.78 is 5.52. The lowest BCUT2D eigenvalue weighted by atomic mass is 10.1. The van der Waals surface area contributed by atoms with Crippen LogP contribution in [0.3, 0.4) is 0 Å². The van der Waals surface area contributed by atoms with E-state index >= 15 is 0 Å². The molecule has 0 saturated heterocycles. The summed E-state index contributed by atoms with van der Waals surface area (Å²) in [4.78, 5) is 16.6.